The molecule has 0 heterocycles. The Balaban J connectivity index is 2.38. The first-order valence-corrected chi connectivity index (χ1v) is 6.26. The molecule has 1 aromatic rings. The molecule has 0 aliphatic heterocycles. The van der Waals surface area contributed by atoms with E-state index in [1.54, 1.807) is 0 Å². The fourth-order valence-corrected chi connectivity index (χ4v) is 1.63. The van der Waals surface area contributed by atoms with Crippen LogP contribution >= 0.6 is 0 Å². The van der Waals surface area contributed by atoms with Gasteiger partial charge in [0.2, 0.25) is 0 Å². The fraction of sp³-hybridized carbons (Fsp3) is 0.500. The van der Waals surface area contributed by atoms with E-state index < -0.39 is 0 Å². The number of rotatable bonds is 5. The number of aryl methyl sites for hydroxylation is 2. The van der Waals surface area contributed by atoms with Gasteiger partial charge in [0.1, 0.15) is 0 Å². The van der Waals surface area contributed by atoms with E-state index >= 15 is 0 Å². The van der Waals surface area contributed by atoms with Crippen LogP contribution in [0.25, 0.3) is 0 Å². The minimum atomic E-state index is -0.137. The quantitative estimate of drug-likeness (QED) is 0.787. The highest BCUT2D eigenvalue weighted by Gasteiger charge is 2.03. The van der Waals surface area contributed by atoms with Gasteiger partial charge in [-0.25, -0.2) is 4.79 Å². The Bertz CT molecular complexity index is 402. The van der Waals surface area contributed by atoms with Crippen LogP contribution in [0.5, 0.6) is 0 Å². The number of carbonyl (C=O) groups excluding carboxylic acids is 1. The van der Waals surface area contributed by atoms with Gasteiger partial charge in [-0.1, -0.05) is 12.1 Å². The van der Waals surface area contributed by atoms with E-state index in [0.29, 0.717) is 6.54 Å². The average Bonchev–Trinajstić information content (AvgIpc) is 2.29. The summed E-state index contributed by atoms with van der Waals surface area (Å²) < 4.78 is 0. The standard InChI is InChI=1S/C14H23N3O/c1-11-6-7-12(2)13(10-11)16-14(18)15-8-5-9-17(3)4/h6-7,10H,5,8-9H2,1-4H3,(H2,15,16,18). The van der Waals surface area contributed by atoms with Crippen molar-refractivity contribution in [2.45, 2.75) is 20.3 Å². The number of urea groups is 1. The molecule has 0 fully saturated rings. The molecule has 0 bridgehead atoms. The van der Waals surface area contributed by atoms with Crippen LogP contribution in [-0.2, 0) is 0 Å². The third-order valence-corrected chi connectivity index (χ3v) is 2.71. The second-order valence-electron chi connectivity index (χ2n) is 4.86. The molecule has 1 aromatic carbocycles. The first kappa shape index (κ1) is 14.5. The molecule has 18 heavy (non-hydrogen) atoms. The molecular weight excluding hydrogens is 226 g/mol. The highest BCUT2D eigenvalue weighted by atomic mass is 16.2. The maximum atomic E-state index is 11.7. The number of anilines is 1. The summed E-state index contributed by atoms with van der Waals surface area (Å²) in [6.07, 6.45) is 0.952. The van der Waals surface area contributed by atoms with E-state index in [1.165, 1.54) is 0 Å². The van der Waals surface area contributed by atoms with E-state index in [0.717, 1.165) is 29.8 Å². The summed E-state index contributed by atoms with van der Waals surface area (Å²) in [5, 5.41) is 5.73. The highest BCUT2D eigenvalue weighted by Crippen LogP contribution is 2.15. The lowest BCUT2D eigenvalue weighted by Crippen LogP contribution is -2.31. The van der Waals surface area contributed by atoms with Crippen molar-refractivity contribution < 1.29 is 4.79 Å². The van der Waals surface area contributed by atoms with E-state index in [9.17, 15) is 4.79 Å². The lowest BCUT2D eigenvalue weighted by atomic mass is 10.1. The van der Waals surface area contributed by atoms with Gasteiger partial charge in [-0.2, -0.15) is 0 Å². The molecule has 0 radical (unpaired) electrons. The van der Waals surface area contributed by atoms with Crippen LogP contribution in [0.15, 0.2) is 18.2 Å². The minimum absolute atomic E-state index is 0.137. The van der Waals surface area contributed by atoms with Crippen molar-refractivity contribution in [3.05, 3.63) is 29.3 Å². The number of nitrogens with zero attached hydrogens (tertiary/aromatic N) is 1. The van der Waals surface area contributed by atoms with Crippen molar-refractivity contribution in [3.63, 3.8) is 0 Å². The van der Waals surface area contributed by atoms with Gasteiger partial charge in [-0.3, -0.25) is 0 Å². The lowest BCUT2D eigenvalue weighted by molar-refractivity contribution is 0.251. The molecule has 4 heteroatoms. The zero-order chi connectivity index (χ0) is 13.5. The third-order valence-electron chi connectivity index (χ3n) is 2.71. The van der Waals surface area contributed by atoms with E-state index in [2.05, 4.69) is 15.5 Å². The van der Waals surface area contributed by atoms with Crippen molar-refractivity contribution in [2.75, 3.05) is 32.5 Å². The topological polar surface area (TPSA) is 44.4 Å². The zero-order valence-corrected chi connectivity index (χ0v) is 11.7. The van der Waals surface area contributed by atoms with Gasteiger partial charge in [-0.05, 0) is 58.1 Å². The Labute approximate surface area is 109 Å². The second kappa shape index (κ2) is 7.01. The van der Waals surface area contributed by atoms with Crippen LogP contribution < -0.4 is 10.6 Å². The number of benzene rings is 1. The van der Waals surface area contributed by atoms with Gasteiger partial charge in [0.15, 0.2) is 0 Å². The number of carbonyl (C=O) groups is 1. The Morgan fingerprint density at radius 3 is 2.67 bits per heavy atom. The van der Waals surface area contributed by atoms with Crippen LogP contribution in [0.1, 0.15) is 17.5 Å². The third kappa shape index (κ3) is 5.19. The van der Waals surface area contributed by atoms with Crippen LogP contribution in [0.3, 0.4) is 0 Å². The average molecular weight is 249 g/mol. The number of hydrogen-bond acceptors (Lipinski definition) is 2. The van der Waals surface area contributed by atoms with E-state index in [4.69, 9.17) is 0 Å². The van der Waals surface area contributed by atoms with Crippen LogP contribution in [-0.4, -0.2) is 38.1 Å². The maximum Gasteiger partial charge on any atom is 0.319 e. The van der Waals surface area contributed by atoms with Crippen molar-refractivity contribution in [3.8, 4) is 0 Å². The van der Waals surface area contributed by atoms with Gasteiger partial charge >= 0.3 is 6.03 Å². The molecule has 100 valence electrons. The number of hydrogen-bond donors (Lipinski definition) is 2. The highest BCUT2D eigenvalue weighted by molar-refractivity contribution is 5.90. The summed E-state index contributed by atoms with van der Waals surface area (Å²) >= 11 is 0. The van der Waals surface area contributed by atoms with Gasteiger partial charge in [0.05, 0.1) is 0 Å². The number of amides is 2. The smallest absolute Gasteiger partial charge is 0.319 e. The molecule has 0 aliphatic carbocycles. The Hall–Kier alpha value is -1.55. The molecule has 1 rings (SSSR count). The Morgan fingerprint density at radius 2 is 2.00 bits per heavy atom. The van der Waals surface area contributed by atoms with Crippen LogP contribution in [0, 0.1) is 13.8 Å². The summed E-state index contributed by atoms with van der Waals surface area (Å²) in [6.45, 7) is 5.67. The van der Waals surface area contributed by atoms with E-state index in [-0.39, 0.29) is 6.03 Å². The summed E-state index contributed by atoms with van der Waals surface area (Å²) in [6, 6.07) is 5.89. The van der Waals surface area contributed by atoms with Crippen molar-refractivity contribution >= 4 is 11.7 Å². The maximum absolute atomic E-state index is 11.7. The molecule has 0 spiro atoms. The number of nitrogens with one attached hydrogen (secondary N) is 2. The van der Waals surface area contributed by atoms with Crippen molar-refractivity contribution in [1.82, 2.24) is 10.2 Å². The van der Waals surface area contributed by atoms with Crippen LogP contribution in [0.2, 0.25) is 0 Å². The normalized spacial score (nSPS) is 10.5. The zero-order valence-electron chi connectivity index (χ0n) is 11.7. The fourth-order valence-electron chi connectivity index (χ4n) is 1.63. The SMILES string of the molecule is Cc1ccc(C)c(NC(=O)NCCCN(C)C)c1. The van der Waals surface area contributed by atoms with E-state index in [1.807, 2.05) is 46.1 Å². The first-order chi connectivity index (χ1) is 8.49. The summed E-state index contributed by atoms with van der Waals surface area (Å²) in [5.41, 5.74) is 3.09. The molecule has 0 saturated heterocycles. The molecule has 0 unspecified atom stereocenters. The minimum Gasteiger partial charge on any atom is -0.338 e. The summed E-state index contributed by atoms with van der Waals surface area (Å²) in [7, 11) is 4.05. The lowest BCUT2D eigenvalue weighted by Gasteiger charge is -2.12. The largest absolute Gasteiger partial charge is 0.338 e. The van der Waals surface area contributed by atoms with Crippen LogP contribution in [0.4, 0.5) is 10.5 Å². The predicted octanol–water partition coefficient (Wildman–Crippen LogP) is 2.38. The summed E-state index contributed by atoms with van der Waals surface area (Å²) in [4.78, 5) is 13.8. The molecule has 2 amide bonds. The van der Waals surface area contributed by atoms with Gasteiger partial charge in [-0.15, -0.1) is 0 Å². The predicted molar refractivity (Wildman–Crippen MR) is 76.1 cm³/mol. The molecule has 0 aliphatic rings. The first-order valence-electron chi connectivity index (χ1n) is 6.26. The van der Waals surface area contributed by atoms with Gasteiger partial charge in [0.25, 0.3) is 0 Å². The van der Waals surface area contributed by atoms with Crippen molar-refractivity contribution in [2.24, 2.45) is 0 Å². The molecule has 0 saturated carbocycles. The molecule has 0 aromatic heterocycles. The van der Waals surface area contributed by atoms with Gasteiger partial charge < -0.3 is 15.5 Å². The second-order valence-corrected chi connectivity index (χ2v) is 4.86. The molecule has 2 N–H and O–H groups in total. The summed E-state index contributed by atoms with van der Waals surface area (Å²) in [5.74, 6) is 0. The Kier molecular flexibility index (Phi) is 5.65. The molecule has 0 atom stereocenters. The van der Waals surface area contributed by atoms with Gasteiger partial charge in [0, 0.05) is 12.2 Å². The molecule has 4 nitrogen and oxygen atoms in total. The monoisotopic (exact) mass is 249 g/mol. The molecular formula is C14H23N3O. The van der Waals surface area contributed by atoms with Crippen molar-refractivity contribution in [1.29, 1.82) is 0 Å². The Morgan fingerprint density at radius 1 is 1.28 bits per heavy atom.